The molecule has 1 unspecified atom stereocenters. The molecule has 0 aromatic carbocycles. The first kappa shape index (κ1) is 12.7. The Labute approximate surface area is 115 Å². The number of hydrogen-bond donors (Lipinski definition) is 0. The van der Waals surface area contributed by atoms with E-state index in [1.54, 1.807) is 26.6 Å². The van der Waals surface area contributed by atoms with E-state index in [1.807, 2.05) is 0 Å². The number of aryl methyl sites for hydroxylation is 1. The summed E-state index contributed by atoms with van der Waals surface area (Å²) in [5.41, 5.74) is 0. The maximum Gasteiger partial charge on any atom is 0.257 e. The molecule has 1 atom stereocenters. The van der Waals surface area contributed by atoms with E-state index in [4.69, 9.17) is 9.47 Å². The second-order valence-electron chi connectivity index (χ2n) is 4.33. The van der Waals surface area contributed by atoms with Crippen molar-refractivity contribution in [3.63, 3.8) is 0 Å². The van der Waals surface area contributed by atoms with Crippen LogP contribution in [0.15, 0.2) is 12.4 Å². The summed E-state index contributed by atoms with van der Waals surface area (Å²) in [4.78, 5) is 12.0. The van der Waals surface area contributed by atoms with Crippen LogP contribution in [0.5, 0.6) is 5.88 Å². The van der Waals surface area contributed by atoms with Gasteiger partial charge in [0.2, 0.25) is 5.82 Å². The molecular formula is C11H15N7O2. The number of aromatic nitrogens is 6. The number of hydrogen-bond acceptors (Lipinski definition) is 8. The smallest absolute Gasteiger partial charge is 0.257 e. The van der Waals surface area contributed by atoms with E-state index in [0.717, 1.165) is 0 Å². The molecule has 0 bridgehead atoms. The molecule has 1 saturated heterocycles. The van der Waals surface area contributed by atoms with Crippen molar-refractivity contribution in [1.82, 2.24) is 30.2 Å². The van der Waals surface area contributed by atoms with Crippen molar-refractivity contribution < 1.29 is 9.47 Å². The molecule has 0 aliphatic carbocycles. The van der Waals surface area contributed by atoms with Crippen molar-refractivity contribution in [3.05, 3.63) is 18.2 Å². The summed E-state index contributed by atoms with van der Waals surface area (Å²) in [6, 6.07) is 0. The highest BCUT2D eigenvalue weighted by Crippen LogP contribution is 2.27. The molecule has 0 N–H and O–H groups in total. The van der Waals surface area contributed by atoms with Gasteiger partial charge in [-0.25, -0.2) is 9.97 Å². The van der Waals surface area contributed by atoms with E-state index in [1.165, 1.54) is 4.80 Å². The molecule has 0 saturated carbocycles. The van der Waals surface area contributed by atoms with E-state index < -0.39 is 0 Å². The molecular weight excluding hydrogens is 262 g/mol. The predicted octanol–water partition coefficient (Wildman–Crippen LogP) is -0.413. The molecule has 9 nitrogen and oxygen atoms in total. The van der Waals surface area contributed by atoms with Crippen LogP contribution in [0.1, 0.15) is 11.9 Å². The molecule has 2 aromatic heterocycles. The first-order chi connectivity index (χ1) is 9.78. The molecule has 3 heterocycles. The van der Waals surface area contributed by atoms with Gasteiger partial charge in [-0.3, -0.25) is 0 Å². The number of ether oxygens (including phenoxy) is 2. The SMILES string of the molecule is COc1nccnc1N1CCOC(c2nnn(C)n2)C1. The lowest BCUT2D eigenvalue weighted by Crippen LogP contribution is -2.39. The first-order valence-corrected chi connectivity index (χ1v) is 6.23. The minimum Gasteiger partial charge on any atom is -0.478 e. The summed E-state index contributed by atoms with van der Waals surface area (Å²) in [6.45, 7) is 1.86. The van der Waals surface area contributed by atoms with Gasteiger partial charge in [0.1, 0.15) is 6.10 Å². The second kappa shape index (κ2) is 5.37. The summed E-state index contributed by atoms with van der Waals surface area (Å²) in [5, 5.41) is 12.0. The van der Waals surface area contributed by atoms with Gasteiger partial charge < -0.3 is 14.4 Å². The molecule has 20 heavy (non-hydrogen) atoms. The fourth-order valence-corrected chi connectivity index (χ4v) is 2.10. The largest absolute Gasteiger partial charge is 0.478 e. The monoisotopic (exact) mass is 277 g/mol. The second-order valence-corrected chi connectivity index (χ2v) is 4.33. The maximum atomic E-state index is 5.69. The fraction of sp³-hybridized carbons (Fsp3) is 0.545. The number of morpholine rings is 1. The molecule has 3 rings (SSSR count). The summed E-state index contributed by atoms with van der Waals surface area (Å²) >= 11 is 0. The average Bonchev–Trinajstić information content (AvgIpc) is 2.94. The van der Waals surface area contributed by atoms with E-state index in [-0.39, 0.29) is 6.10 Å². The zero-order valence-corrected chi connectivity index (χ0v) is 11.3. The van der Waals surface area contributed by atoms with E-state index in [2.05, 4.69) is 30.3 Å². The number of tetrazole rings is 1. The lowest BCUT2D eigenvalue weighted by Gasteiger charge is -2.32. The van der Waals surface area contributed by atoms with E-state index in [9.17, 15) is 0 Å². The number of rotatable bonds is 3. The van der Waals surface area contributed by atoms with E-state index >= 15 is 0 Å². The third-order valence-electron chi connectivity index (χ3n) is 3.02. The van der Waals surface area contributed by atoms with Crippen molar-refractivity contribution in [2.75, 3.05) is 31.7 Å². The van der Waals surface area contributed by atoms with Crippen LogP contribution in [0.3, 0.4) is 0 Å². The fourth-order valence-electron chi connectivity index (χ4n) is 2.10. The van der Waals surface area contributed by atoms with Crippen molar-refractivity contribution >= 4 is 5.82 Å². The summed E-state index contributed by atoms with van der Waals surface area (Å²) < 4.78 is 10.9. The lowest BCUT2D eigenvalue weighted by atomic mass is 10.2. The van der Waals surface area contributed by atoms with Crippen LogP contribution in [-0.4, -0.2) is 57.0 Å². The molecule has 2 aromatic rings. The number of nitrogens with zero attached hydrogens (tertiary/aromatic N) is 7. The highest BCUT2D eigenvalue weighted by atomic mass is 16.5. The van der Waals surface area contributed by atoms with Gasteiger partial charge in [0.15, 0.2) is 5.82 Å². The molecule has 0 radical (unpaired) electrons. The minimum atomic E-state index is -0.232. The van der Waals surface area contributed by atoms with Gasteiger partial charge >= 0.3 is 0 Å². The zero-order valence-electron chi connectivity index (χ0n) is 11.3. The lowest BCUT2D eigenvalue weighted by molar-refractivity contribution is 0.0334. The van der Waals surface area contributed by atoms with Gasteiger partial charge in [-0.1, -0.05) is 0 Å². The highest BCUT2D eigenvalue weighted by Gasteiger charge is 2.28. The van der Waals surface area contributed by atoms with Crippen LogP contribution in [0.4, 0.5) is 5.82 Å². The zero-order chi connectivity index (χ0) is 13.9. The number of anilines is 1. The van der Waals surface area contributed by atoms with E-state index in [0.29, 0.717) is 37.2 Å². The van der Waals surface area contributed by atoms with Crippen LogP contribution in [0.25, 0.3) is 0 Å². The Morgan fingerprint density at radius 1 is 1.35 bits per heavy atom. The van der Waals surface area contributed by atoms with Crippen LogP contribution >= 0.6 is 0 Å². The van der Waals surface area contributed by atoms with Gasteiger partial charge in [-0.05, 0) is 5.21 Å². The van der Waals surface area contributed by atoms with Crippen molar-refractivity contribution in [2.24, 2.45) is 7.05 Å². The van der Waals surface area contributed by atoms with Gasteiger partial charge in [0.05, 0.1) is 27.3 Å². The summed E-state index contributed by atoms with van der Waals surface area (Å²) in [6.07, 6.45) is 3.01. The standard InChI is InChI=1S/C11H15N7O2/c1-17-15-9(14-16-17)8-7-18(5-6-20-8)10-11(19-2)13-4-3-12-10/h3-4,8H,5-7H2,1-2H3. The van der Waals surface area contributed by atoms with Gasteiger partial charge in [0, 0.05) is 18.9 Å². The average molecular weight is 277 g/mol. The predicted molar refractivity (Wildman–Crippen MR) is 68.3 cm³/mol. The quantitative estimate of drug-likeness (QED) is 0.747. The highest BCUT2D eigenvalue weighted by molar-refractivity contribution is 5.48. The van der Waals surface area contributed by atoms with Crippen molar-refractivity contribution in [3.8, 4) is 5.88 Å². The summed E-state index contributed by atoms with van der Waals surface area (Å²) in [7, 11) is 3.30. The maximum absolute atomic E-state index is 5.69. The molecule has 1 aliphatic rings. The Bertz CT molecular complexity index is 588. The van der Waals surface area contributed by atoms with Crippen LogP contribution in [-0.2, 0) is 11.8 Å². The normalized spacial score (nSPS) is 19.1. The molecule has 9 heteroatoms. The minimum absolute atomic E-state index is 0.232. The molecule has 1 aliphatic heterocycles. The van der Waals surface area contributed by atoms with Crippen molar-refractivity contribution in [1.29, 1.82) is 0 Å². The Morgan fingerprint density at radius 2 is 2.20 bits per heavy atom. The molecule has 1 fully saturated rings. The topological polar surface area (TPSA) is 91.1 Å². The Morgan fingerprint density at radius 3 is 2.95 bits per heavy atom. The third kappa shape index (κ3) is 2.39. The van der Waals surface area contributed by atoms with Gasteiger partial charge in [-0.2, -0.15) is 4.80 Å². The van der Waals surface area contributed by atoms with Crippen LogP contribution in [0, 0.1) is 0 Å². The van der Waals surface area contributed by atoms with Crippen LogP contribution in [0.2, 0.25) is 0 Å². The Hall–Kier alpha value is -2.29. The Balaban J connectivity index is 1.81. The molecule has 0 amide bonds. The number of methoxy groups -OCH3 is 1. The van der Waals surface area contributed by atoms with Gasteiger partial charge in [-0.15, -0.1) is 10.2 Å². The third-order valence-corrected chi connectivity index (χ3v) is 3.02. The van der Waals surface area contributed by atoms with Gasteiger partial charge in [0.25, 0.3) is 5.88 Å². The summed E-state index contributed by atoms with van der Waals surface area (Å²) in [5.74, 6) is 1.77. The molecule has 106 valence electrons. The Kier molecular flexibility index (Phi) is 3.42. The first-order valence-electron chi connectivity index (χ1n) is 6.23. The van der Waals surface area contributed by atoms with Crippen LogP contribution < -0.4 is 9.64 Å². The molecule has 0 spiro atoms. The van der Waals surface area contributed by atoms with Crippen molar-refractivity contribution in [2.45, 2.75) is 6.10 Å².